The third kappa shape index (κ3) is 4.71. The highest BCUT2D eigenvalue weighted by Crippen LogP contribution is 2.25. The zero-order valence-corrected chi connectivity index (χ0v) is 12.5. The van der Waals surface area contributed by atoms with Crippen LogP contribution in [-0.4, -0.2) is 49.1 Å². The van der Waals surface area contributed by atoms with Crippen molar-refractivity contribution in [3.05, 3.63) is 33.9 Å². The number of likely N-dealkylation sites (N-methyl/N-ethyl adjacent to an activating group) is 1. The predicted octanol–water partition coefficient (Wildman–Crippen LogP) is 2.10. The van der Waals surface area contributed by atoms with Crippen molar-refractivity contribution in [2.24, 2.45) is 0 Å². The molecule has 7 heteroatoms. The third-order valence-corrected chi connectivity index (χ3v) is 3.15. The molecule has 0 aliphatic rings. The molecular weight excluding hydrogens is 276 g/mol. The average Bonchev–Trinajstić information content (AvgIpc) is 2.50. The molecule has 0 radical (unpaired) electrons. The van der Waals surface area contributed by atoms with Crippen molar-refractivity contribution in [2.75, 3.05) is 33.4 Å². The first-order valence-electron chi connectivity index (χ1n) is 6.75. The number of carbonyl (C=O) groups excluding carboxylic acids is 1. The van der Waals surface area contributed by atoms with Crippen LogP contribution in [-0.2, 0) is 4.74 Å². The molecular formula is C14H20N2O5. The molecule has 0 amide bonds. The molecule has 0 saturated heterocycles. The SMILES string of the molecule is CCN(CC)CCOC(=O)c1ccc([N+](=O)[O-])cc1OC. The number of hydrogen-bond donors (Lipinski definition) is 0. The van der Waals surface area contributed by atoms with Crippen LogP contribution in [0.15, 0.2) is 18.2 Å². The average molecular weight is 296 g/mol. The van der Waals surface area contributed by atoms with Crippen molar-refractivity contribution in [2.45, 2.75) is 13.8 Å². The van der Waals surface area contributed by atoms with Gasteiger partial charge >= 0.3 is 5.97 Å². The quantitative estimate of drug-likeness (QED) is 0.415. The highest BCUT2D eigenvalue weighted by Gasteiger charge is 2.18. The van der Waals surface area contributed by atoms with Crippen LogP contribution in [0, 0.1) is 10.1 Å². The Bertz CT molecular complexity index is 500. The normalized spacial score (nSPS) is 10.5. The molecule has 0 unspecified atom stereocenters. The van der Waals surface area contributed by atoms with E-state index >= 15 is 0 Å². The van der Waals surface area contributed by atoms with E-state index in [1.54, 1.807) is 0 Å². The lowest BCUT2D eigenvalue weighted by Crippen LogP contribution is -2.28. The number of nitro benzene ring substituents is 1. The lowest BCUT2D eigenvalue weighted by molar-refractivity contribution is -0.384. The van der Waals surface area contributed by atoms with Gasteiger partial charge in [-0.1, -0.05) is 13.8 Å². The number of carbonyl (C=O) groups is 1. The van der Waals surface area contributed by atoms with Gasteiger partial charge in [-0.3, -0.25) is 10.1 Å². The summed E-state index contributed by atoms with van der Waals surface area (Å²) in [5.41, 5.74) is 0.0502. The number of nitrogens with zero attached hydrogens (tertiary/aromatic N) is 2. The molecule has 0 atom stereocenters. The number of benzene rings is 1. The molecule has 1 aromatic carbocycles. The Kier molecular flexibility index (Phi) is 6.61. The summed E-state index contributed by atoms with van der Waals surface area (Å²) in [7, 11) is 1.35. The summed E-state index contributed by atoms with van der Waals surface area (Å²) in [4.78, 5) is 24.2. The first-order chi connectivity index (χ1) is 10.0. The van der Waals surface area contributed by atoms with Crippen molar-refractivity contribution < 1.29 is 19.2 Å². The Morgan fingerprint density at radius 3 is 2.52 bits per heavy atom. The van der Waals surface area contributed by atoms with Gasteiger partial charge in [-0.05, 0) is 19.2 Å². The summed E-state index contributed by atoms with van der Waals surface area (Å²) in [5, 5.41) is 10.7. The van der Waals surface area contributed by atoms with Gasteiger partial charge in [0.1, 0.15) is 17.9 Å². The highest BCUT2D eigenvalue weighted by atomic mass is 16.6. The van der Waals surface area contributed by atoms with Crippen LogP contribution in [0.5, 0.6) is 5.75 Å². The highest BCUT2D eigenvalue weighted by molar-refractivity contribution is 5.93. The van der Waals surface area contributed by atoms with Crippen LogP contribution < -0.4 is 4.74 Å². The monoisotopic (exact) mass is 296 g/mol. The van der Waals surface area contributed by atoms with Crippen LogP contribution in [0.2, 0.25) is 0 Å². The zero-order valence-electron chi connectivity index (χ0n) is 12.5. The number of methoxy groups -OCH3 is 1. The Morgan fingerprint density at radius 1 is 1.33 bits per heavy atom. The van der Waals surface area contributed by atoms with E-state index in [4.69, 9.17) is 9.47 Å². The van der Waals surface area contributed by atoms with E-state index in [2.05, 4.69) is 4.90 Å². The standard InChI is InChI=1S/C14H20N2O5/c1-4-15(5-2)8-9-21-14(17)12-7-6-11(16(18)19)10-13(12)20-3/h6-7,10H,4-5,8-9H2,1-3H3. The number of nitro groups is 1. The van der Waals surface area contributed by atoms with Gasteiger partial charge in [0.05, 0.1) is 18.1 Å². The van der Waals surface area contributed by atoms with E-state index < -0.39 is 10.9 Å². The minimum absolute atomic E-state index is 0.133. The minimum Gasteiger partial charge on any atom is -0.496 e. The van der Waals surface area contributed by atoms with Gasteiger partial charge in [-0.15, -0.1) is 0 Å². The van der Waals surface area contributed by atoms with Crippen molar-refractivity contribution in [1.82, 2.24) is 4.90 Å². The Hall–Kier alpha value is -2.15. The largest absolute Gasteiger partial charge is 0.496 e. The first kappa shape index (κ1) is 16.9. The zero-order chi connectivity index (χ0) is 15.8. The topological polar surface area (TPSA) is 81.9 Å². The summed E-state index contributed by atoms with van der Waals surface area (Å²) in [6.07, 6.45) is 0. The molecule has 1 rings (SSSR count). The van der Waals surface area contributed by atoms with Gasteiger partial charge in [-0.2, -0.15) is 0 Å². The maximum absolute atomic E-state index is 12.0. The van der Waals surface area contributed by atoms with E-state index in [9.17, 15) is 14.9 Å². The fraction of sp³-hybridized carbons (Fsp3) is 0.500. The number of ether oxygens (including phenoxy) is 2. The Labute approximate surface area is 123 Å². The van der Waals surface area contributed by atoms with Crippen molar-refractivity contribution in [1.29, 1.82) is 0 Å². The number of esters is 1. The maximum atomic E-state index is 12.0. The fourth-order valence-corrected chi connectivity index (χ4v) is 1.85. The molecule has 0 N–H and O–H groups in total. The van der Waals surface area contributed by atoms with E-state index in [1.807, 2.05) is 13.8 Å². The molecule has 0 fully saturated rings. The second-order valence-electron chi connectivity index (χ2n) is 4.30. The van der Waals surface area contributed by atoms with Gasteiger partial charge in [0, 0.05) is 12.6 Å². The van der Waals surface area contributed by atoms with Gasteiger partial charge < -0.3 is 14.4 Å². The van der Waals surface area contributed by atoms with E-state index in [-0.39, 0.29) is 23.6 Å². The second kappa shape index (κ2) is 8.21. The fourth-order valence-electron chi connectivity index (χ4n) is 1.85. The summed E-state index contributed by atoms with van der Waals surface area (Å²) >= 11 is 0. The molecule has 0 saturated carbocycles. The van der Waals surface area contributed by atoms with Crippen LogP contribution >= 0.6 is 0 Å². The molecule has 0 aliphatic heterocycles. The predicted molar refractivity (Wildman–Crippen MR) is 77.7 cm³/mol. The lowest BCUT2D eigenvalue weighted by Gasteiger charge is -2.17. The summed E-state index contributed by atoms with van der Waals surface area (Å²) < 4.78 is 10.2. The summed E-state index contributed by atoms with van der Waals surface area (Å²) in [6.45, 7) is 6.74. The minimum atomic E-state index is -0.547. The van der Waals surface area contributed by atoms with Gasteiger partial charge in [0.25, 0.3) is 5.69 Å². The summed E-state index contributed by atoms with van der Waals surface area (Å²) in [6, 6.07) is 3.81. The molecule has 1 aromatic rings. The molecule has 7 nitrogen and oxygen atoms in total. The van der Waals surface area contributed by atoms with Crippen molar-refractivity contribution in [3.8, 4) is 5.75 Å². The maximum Gasteiger partial charge on any atom is 0.341 e. The van der Waals surface area contributed by atoms with Gasteiger partial charge in [0.15, 0.2) is 0 Å². The Balaban J connectivity index is 2.71. The van der Waals surface area contributed by atoms with E-state index in [0.717, 1.165) is 13.1 Å². The van der Waals surface area contributed by atoms with Gasteiger partial charge in [0.2, 0.25) is 0 Å². The van der Waals surface area contributed by atoms with E-state index in [0.29, 0.717) is 6.54 Å². The molecule has 21 heavy (non-hydrogen) atoms. The van der Waals surface area contributed by atoms with Crippen LogP contribution in [0.4, 0.5) is 5.69 Å². The molecule has 0 spiro atoms. The number of non-ortho nitro benzene ring substituents is 1. The van der Waals surface area contributed by atoms with Crippen LogP contribution in [0.1, 0.15) is 24.2 Å². The lowest BCUT2D eigenvalue weighted by atomic mass is 10.2. The van der Waals surface area contributed by atoms with Crippen LogP contribution in [0.3, 0.4) is 0 Å². The number of rotatable bonds is 8. The summed E-state index contributed by atoms with van der Waals surface area (Å²) in [5.74, 6) is -0.411. The first-order valence-corrected chi connectivity index (χ1v) is 6.75. The Morgan fingerprint density at radius 2 is 2.00 bits per heavy atom. The third-order valence-electron chi connectivity index (χ3n) is 3.15. The van der Waals surface area contributed by atoms with E-state index in [1.165, 1.54) is 25.3 Å². The number of hydrogen-bond acceptors (Lipinski definition) is 6. The van der Waals surface area contributed by atoms with Crippen molar-refractivity contribution in [3.63, 3.8) is 0 Å². The van der Waals surface area contributed by atoms with Crippen LogP contribution in [0.25, 0.3) is 0 Å². The second-order valence-corrected chi connectivity index (χ2v) is 4.30. The molecule has 0 aromatic heterocycles. The van der Waals surface area contributed by atoms with Crippen molar-refractivity contribution >= 4 is 11.7 Å². The molecule has 0 aliphatic carbocycles. The molecule has 0 heterocycles. The molecule has 116 valence electrons. The molecule has 0 bridgehead atoms. The smallest absolute Gasteiger partial charge is 0.341 e. The van der Waals surface area contributed by atoms with Gasteiger partial charge in [-0.25, -0.2) is 4.79 Å².